The molecule has 0 fully saturated rings. The highest BCUT2D eigenvalue weighted by atomic mass is 32.1. The molecule has 1 aromatic carbocycles. The first-order valence-electron chi connectivity index (χ1n) is 9.06. The van der Waals surface area contributed by atoms with Crippen LogP contribution in [-0.4, -0.2) is 20.4 Å². The van der Waals surface area contributed by atoms with Crippen LogP contribution in [0.5, 0.6) is 0 Å². The van der Waals surface area contributed by atoms with Gasteiger partial charge < -0.3 is 14.3 Å². The molecule has 0 saturated carbocycles. The highest BCUT2D eigenvalue weighted by Gasteiger charge is 2.12. The average molecular weight is 410 g/mol. The van der Waals surface area contributed by atoms with Crippen molar-refractivity contribution in [3.63, 3.8) is 0 Å². The molecule has 4 aromatic rings. The number of carbonyl (C=O) groups excluding carboxylic acids is 1. The molecule has 0 spiro atoms. The fourth-order valence-corrected chi connectivity index (χ4v) is 3.75. The Balaban J connectivity index is 1.36. The summed E-state index contributed by atoms with van der Waals surface area (Å²) in [4.78, 5) is 20.8. The van der Waals surface area contributed by atoms with Crippen LogP contribution in [-0.2, 0) is 17.8 Å². The van der Waals surface area contributed by atoms with Crippen LogP contribution in [0.4, 0.5) is 4.39 Å². The standard InChI is InChI=1S/C21H19FN4O2S/c1-13-3-6-19(28-13)21-25-16(12-29-21)10-20(27)24-11-15-4-5-18(17(22)9-15)26-8-7-23-14(26)2/h3-9,12H,10-11H2,1-2H3,(H,24,27). The molecule has 29 heavy (non-hydrogen) atoms. The molecule has 3 heterocycles. The molecular formula is C21H19FN4O2S. The lowest BCUT2D eigenvalue weighted by molar-refractivity contribution is -0.120. The third kappa shape index (κ3) is 4.27. The summed E-state index contributed by atoms with van der Waals surface area (Å²) in [7, 11) is 0. The van der Waals surface area contributed by atoms with E-state index in [9.17, 15) is 9.18 Å². The molecule has 0 saturated heterocycles. The van der Waals surface area contributed by atoms with Crippen LogP contribution in [0, 0.1) is 19.7 Å². The van der Waals surface area contributed by atoms with Crippen molar-refractivity contribution >= 4 is 17.2 Å². The topological polar surface area (TPSA) is 73.0 Å². The van der Waals surface area contributed by atoms with Crippen LogP contribution in [0.15, 0.2) is 52.5 Å². The van der Waals surface area contributed by atoms with Crippen LogP contribution in [0.1, 0.15) is 22.8 Å². The second-order valence-electron chi connectivity index (χ2n) is 6.64. The number of thiazole rings is 1. The number of aryl methyl sites for hydroxylation is 2. The van der Waals surface area contributed by atoms with Crippen molar-refractivity contribution in [1.29, 1.82) is 0 Å². The Morgan fingerprint density at radius 1 is 1.28 bits per heavy atom. The monoisotopic (exact) mass is 410 g/mol. The first-order chi connectivity index (χ1) is 14.0. The Hall–Kier alpha value is -3.26. The number of hydrogen-bond acceptors (Lipinski definition) is 5. The Bertz CT molecular complexity index is 1160. The molecule has 6 nitrogen and oxygen atoms in total. The number of furan rings is 1. The minimum absolute atomic E-state index is 0.158. The summed E-state index contributed by atoms with van der Waals surface area (Å²) in [5.74, 6) is 1.68. The van der Waals surface area contributed by atoms with E-state index in [4.69, 9.17) is 4.42 Å². The average Bonchev–Trinajstić information content (AvgIpc) is 3.42. The predicted octanol–water partition coefficient (Wildman–Crippen LogP) is 4.20. The van der Waals surface area contributed by atoms with Crippen molar-refractivity contribution in [1.82, 2.24) is 19.9 Å². The maximum absolute atomic E-state index is 14.5. The lowest BCUT2D eigenvalue weighted by atomic mass is 10.2. The number of nitrogens with zero attached hydrogens (tertiary/aromatic N) is 3. The summed E-state index contributed by atoms with van der Waals surface area (Å²) in [5, 5.41) is 5.40. The molecule has 0 unspecified atom stereocenters. The van der Waals surface area contributed by atoms with Gasteiger partial charge in [-0.2, -0.15) is 0 Å². The molecule has 0 atom stereocenters. The number of aromatic nitrogens is 3. The zero-order valence-corrected chi connectivity index (χ0v) is 16.8. The third-order valence-corrected chi connectivity index (χ3v) is 5.34. The zero-order valence-electron chi connectivity index (χ0n) is 16.0. The number of imidazole rings is 1. The normalized spacial score (nSPS) is 11.0. The minimum atomic E-state index is -0.365. The molecule has 0 aliphatic heterocycles. The van der Waals surface area contributed by atoms with Gasteiger partial charge in [0.2, 0.25) is 5.91 Å². The van der Waals surface area contributed by atoms with E-state index in [-0.39, 0.29) is 24.7 Å². The fraction of sp³-hybridized carbons (Fsp3) is 0.190. The van der Waals surface area contributed by atoms with Crippen molar-refractivity contribution in [2.45, 2.75) is 26.8 Å². The lowest BCUT2D eigenvalue weighted by Gasteiger charge is -2.09. The molecule has 1 N–H and O–H groups in total. The number of halogens is 1. The second-order valence-corrected chi connectivity index (χ2v) is 7.50. The van der Waals surface area contributed by atoms with Crippen LogP contribution in [0.3, 0.4) is 0 Å². The van der Waals surface area contributed by atoms with Crippen molar-refractivity contribution in [2.24, 2.45) is 0 Å². The largest absolute Gasteiger partial charge is 0.459 e. The molecule has 0 bridgehead atoms. The number of hydrogen-bond donors (Lipinski definition) is 1. The van der Waals surface area contributed by atoms with Crippen LogP contribution in [0.2, 0.25) is 0 Å². The van der Waals surface area contributed by atoms with E-state index in [0.717, 1.165) is 10.8 Å². The summed E-state index contributed by atoms with van der Waals surface area (Å²) in [6, 6.07) is 8.64. The van der Waals surface area contributed by atoms with Gasteiger partial charge >= 0.3 is 0 Å². The summed E-state index contributed by atoms with van der Waals surface area (Å²) in [5.41, 5.74) is 1.79. The summed E-state index contributed by atoms with van der Waals surface area (Å²) < 4.78 is 21.7. The first kappa shape index (κ1) is 19.1. The predicted molar refractivity (Wildman–Crippen MR) is 108 cm³/mol. The molecule has 3 aromatic heterocycles. The molecule has 0 aliphatic rings. The Labute approximate surface area is 171 Å². The van der Waals surface area contributed by atoms with Gasteiger partial charge in [0, 0.05) is 24.3 Å². The van der Waals surface area contributed by atoms with Gasteiger partial charge in [-0.25, -0.2) is 14.4 Å². The van der Waals surface area contributed by atoms with Gasteiger partial charge in [-0.1, -0.05) is 6.07 Å². The molecule has 4 rings (SSSR count). The van der Waals surface area contributed by atoms with Gasteiger partial charge in [0.05, 0.1) is 17.8 Å². The summed E-state index contributed by atoms with van der Waals surface area (Å²) >= 11 is 1.43. The van der Waals surface area contributed by atoms with Gasteiger partial charge in [-0.15, -0.1) is 11.3 Å². The van der Waals surface area contributed by atoms with E-state index in [2.05, 4.69) is 15.3 Å². The smallest absolute Gasteiger partial charge is 0.226 e. The van der Waals surface area contributed by atoms with Crippen molar-refractivity contribution in [3.8, 4) is 16.5 Å². The summed E-state index contributed by atoms with van der Waals surface area (Å²) in [6.07, 6.45) is 3.49. The highest BCUT2D eigenvalue weighted by molar-refractivity contribution is 7.13. The molecule has 148 valence electrons. The van der Waals surface area contributed by atoms with E-state index in [0.29, 0.717) is 28.5 Å². The van der Waals surface area contributed by atoms with Gasteiger partial charge in [0.1, 0.15) is 17.4 Å². The van der Waals surface area contributed by atoms with E-state index in [1.165, 1.54) is 17.4 Å². The van der Waals surface area contributed by atoms with E-state index in [1.54, 1.807) is 29.1 Å². The molecule has 1 amide bonds. The van der Waals surface area contributed by atoms with E-state index in [1.807, 2.05) is 31.4 Å². The zero-order chi connectivity index (χ0) is 20.4. The minimum Gasteiger partial charge on any atom is -0.459 e. The van der Waals surface area contributed by atoms with Crippen LogP contribution >= 0.6 is 11.3 Å². The van der Waals surface area contributed by atoms with Crippen molar-refractivity contribution in [2.75, 3.05) is 0 Å². The molecule has 0 aliphatic carbocycles. The quantitative estimate of drug-likeness (QED) is 0.517. The Morgan fingerprint density at radius 3 is 2.83 bits per heavy atom. The number of amides is 1. The van der Waals surface area contributed by atoms with Crippen molar-refractivity contribution < 1.29 is 13.6 Å². The molecular weight excluding hydrogens is 391 g/mol. The summed E-state index contributed by atoms with van der Waals surface area (Å²) in [6.45, 7) is 3.93. The van der Waals surface area contributed by atoms with Gasteiger partial charge in [-0.3, -0.25) is 4.79 Å². The number of rotatable bonds is 6. The highest BCUT2D eigenvalue weighted by Crippen LogP contribution is 2.25. The Morgan fingerprint density at radius 2 is 2.14 bits per heavy atom. The number of benzene rings is 1. The van der Waals surface area contributed by atoms with E-state index < -0.39 is 0 Å². The first-order valence-corrected chi connectivity index (χ1v) is 9.94. The maximum Gasteiger partial charge on any atom is 0.226 e. The van der Waals surface area contributed by atoms with Crippen LogP contribution in [0.25, 0.3) is 16.5 Å². The van der Waals surface area contributed by atoms with Crippen molar-refractivity contribution in [3.05, 3.63) is 76.8 Å². The molecule has 0 radical (unpaired) electrons. The van der Waals surface area contributed by atoms with Crippen LogP contribution < -0.4 is 5.32 Å². The van der Waals surface area contributed by atoms with E-state index >= 15 is 0 Å². The van der Waals surface area contributed by atoms with Gasteiger partial charge in [0.15, 0.2) is 10.8 Å². The third-order valence-electron chi connectivity index (χ3n) is 4.43. The SMILES string of the molecule is Cc1ccc(-c2nc(CC(=O)NCc3ccc(-n4ccnc4C)c(F)c3)cs2)o1. The molecule has 8 heteroatoms. The van der Waals surface area contributed by atoms with Gasteiger partial charge in [0.25, 0.3) is 0 Å². The van der Waals surface area contributed by atoms with Gasteiger partial charge in [-0.05, 0) is 43.7 Å². The maximum atomic E-state index is 14.5. The fourth-order valence-electron chi connectivity index (χ4n) is 2.97. The Kier molecular flexibility index (Phi) is 5.26. The second kappa shape index (κ2) is 8.00. The number of carbonyl (C=O) groups is 1. The number of nitrogens with one attached hydrogen (secondary N) is 1. The lowest BCUT2D eigenvalue weighted by Crippen LogP contribution is -2.24.